The van der Waals surface area contributed by atoms with Crippen LogP contribution in [0.2, 0.25) is 0 Å². The summed E-state index contributed by atoms with van der Waals surface area (Å²) < 4.78 is 5.71. The van der Waals surface area contributed by atoms with E-state index in [1.807, 2.05) is 25.2 Å². The average molecular weight is 303 g/mol. The van der Waals surface area contributed by atoms with E-state index in [4.69, 9.17) is 4.74 Å². The Balaban J connectivity index is 1.68. The minimum atomic E-state index is 0.666. The lowest BCUT2D eigenvalue weighted by atomic mass is 9.92. The Morgan fingerprint density at radius 2 is 1.91 bits per heavy atom. The van der Waals surface area contributed by atoms with Crippen molar-refractivity contribution in [3.63, 3.8) is 0 Å². The smallest absolute Gasteiger partial charge is 0.193 e. The van der Waals surface area contributed by atoms with Crippen LogP contribution >= 0.6 is 0 Å². The standard InChI is InChI=1S/C18H29N3O/c1-15-11-16(2)13-21(12-15)18(19-3)20-9-10-22-14-17-7-5-4-6-8-17/h4-8,15-16H,9-14H2,1-3H3,(H,19,20). The molecule has 1 aromatic carbocycles. The first-order chi connectivity index (χ1) is 10.7. The predicted molar refractivity (Wildman–Crippen MR) is 92.0 cm³/mol. The average Bonchev–Trinajstić information content (AvgIpc) is 2.51. The zero-order valence-corrected chi connectivity index (χ0v) is 14.1. The summed E-state index contributed by atoms with van der Waals surface area (Å²) in [5.41, 5.74) is 1.21. The van der Waals surface area contributed by atoms with Crippen LogP contribution in [0.3, 0.4) is 0 Å². The number of ether oxygens (including phenoxy) is 1. The molecule has 0 aliphatic carbocycles. The highest BCUT2D eigenvalue weighted by molar-refractivity contribution is 5.80. The first kappa shape index (κ1) is 16.8. The number of hydrogen-bond donors (Lipinski definition) is 1. The molecule has 0 amide bonds. The van der Waals surface area contributed by atoms with E-state index < -0.39 is 0 Å². The maximum atomic E-state index is 5.71. The van der Waals surface area contributed by atoms with Crippen molar-refractivity contribution >= 4 is 5.96 Å². The Kier molecular flexibility index (Phi) is 6.72. The first-order valence-electron chi connectivity index (χ1n) is 8.26. The summed E-state index contributed by atoms with van der Waals surface area (Å²) in [5, 5.41) is 3.42. The molecule has 0 bridgehead atoms. The van der Waals surface area contributed by atoms with Crippen LogP contribution in [0.4, 0.5) is 0 Å². The van der Waals surface area contributed by atoms with Gasteiger partial charge in [-0.25, -0.2) is 0 Å². The molecule has 0 aromatic heterocycles. The molecule has 122 valence electrons. The van der Waals surface area contributed by atoms with Crippen LogP contribution in [0, 0.1) is 11.8 Å². The van der Waals surface area contributed by atoms with Crippen LogP contribution in [0.1, 0.15) is 25.8 Å². The number of guanidine groups is 1. The van der Waals surface area contributed by atoms with Gasteiger partial charge < -0.3 is 15.0 Å². The minimum Gasteiger partial charge on any atom is -0.375 e. The molecule has 2 atom stereocenters. The van der Waals surface area contributed by atoms with Crippen LogP contribution in [0.15, 0.2) is 35.3 Å². The van der Waals surface area contributed by atoms with Crippen molar-refractivity contribution in [2.75, 3.05) is 33.3 Å². The lowest BCUT2D eigenvalue weighted by molar-refractivity contribution is 0.124. The van der Waals surface area contributed by atoms with Gasteiger partial charge in [0.05, 0.1) is 13.2 Å². The molecule has 0 spiro atoms. The molecule has 1 fully saturated rings. The van der Waals surface area contributed by atoms with Crippen molar-refractivity contribution in [1.82, 2.24) is 10.2 Å². The Bertz CT molecular complexity index is 451. The molecule has 4 heteroatoms. The maximum Gasteiger partial charge on any atom is 0.193 e. The molecule has 4 nitrogen and oxygen atoms in total. The second-order valence-electron chi connectivity index (χ2n) is 6.36. The number of likely N-dealkylation sites (tertiary alicyclic amines) is 1. The molecule has 1 N–H and O–H groups in total. The zero-order valence-electron chi connectivity index (χ0n) is 14.1. The summed E-state index contributed by atoms with van der Waals surface area (Å²) in [5.74, 6) is 2.47. The van der Waals surface area contributed by atoms with Crippen LogP contribution in [-0.2, 0) is 11.3 Å². The quantitative estimate of drug-likeness (QED) is 0.516. The number of aliphatic imine (C=N–C) groups is 1. The van der Waals surface area contributed by atoms with E-state index in [1.54, 1.807) is 0 Å². The Morgan fingerprint density at radius 3 is 2.55 bits per heavy atom. The fourth-order valence-electron chi connectivity index (χ4n) is 3.17. The van der Waals surface area contributed by atoms with E-state index in [2.05, 4.69) is 41.2 Å². The van der Waals surface area contributed by atoms with E-state index in [-0.39, 0.29) is 0 Å². The van der Waals surface area contributed by atoms with Gasteiger partial charge in [-0.1, -0.05) is 44.2 Å². The molecule has 0 saturated carbocycles. The lowest BCUT2D eigenvalue weighted by Crippen LogP contribution is -2.49. The van der Waals surface area contributed by atoms with E-state index in [1.165, 1.54) is 12.0 Å². The fraction of sp³-hybridized carbons (Fsp3) is 0.611. The maximum absolute atomic E-state index is 5.71. The monoisotopic (exact) mass is 303 g/mol. The van der Waals surface area contributed by atoms with Crippen LogP contribution in [0.25, 0.3) is 0 Å². The van der Waals surface area contributed by atoms with E-state index in [0.717, 1.165) is 37.4 Å². The summed E-state index contributed by atoms with van der Waals surface area (Å²) in [6.07, 6.45) is 1.31. The van der Waals surface area contributed by atoms with Gasteiger partial charge in [-0.15, -0.1) is 0 Å². The molecular weight excluding hydrogens is 274 g/mol. The Labute approximate surface area is 134 Å². The van der Waals surface area contributed by atoms with Gasteiger partial charge in [0, 0.05) is 26.7 Å². The number of rotatable bonds is 5. The Morgan fingerprint density at radius 1 is 1.23 bits per heavy atom. The topological polar surface area (TPSA) is 36.9 Å². The highest BCUT2D eigenvalue weighted by Gasteiger charge is 2.23. The molecular formula is C18H29N3O. The van der Waals surface area contributed by atoms with Gasteiger partial charge in [-0.05, 0) is 23.8 Å². The lowest BCUT2D eigenvalue weighted by Gasteiger charge is -2.37. The largest absolute Gasteiger partial charge is 0.375 e. The van der Waals surface area contributed by atoms with Crippen molar-refractivity contribution < 1.29 is 4.74 Å². The highest BCUT2D eigenvalue weighted by atomic mass is 16.5. The molecule has 2 unspecified atom stereocenters. The summed E-state index contributed by atoms with van der Waals surface area (Å²) >= 11 is 0. The minimum absolute atomic E-state index is 0.666. The molecule has 1 aliphatic rings. The van der Waals surface area contributed by atoms with Crippen molar-refractivity contribution in [2.45, 2.75) is 26.9 Å². The molecule has 1 saturated heterocycles. The van der Waals surface area contributed by atoms with Crippen molar-refractivity contribution in [1.29, 1.82) is 0 Å². The molecule has 2 rings (SSSR count). The van der Waals surface area contributed by atoms with Gasteiger partial charge in [0.25, 0.3) is 0 Å². The van der Waals surface area contributed by atoms with E-state index in [9.17, 15) is 0 Å². The third-order valence-electron chi connectivity index (χ3n) is 4.02. The third kappa shape index (κ3) is 5.34. The van der Waals surface area contributed by atoms with Crippen molar-refractivity contribution in [2.24, 2.45) is 16.8 Å². The van der Waals surface area contributed by atoms with Crippen molar-refractivity contribution in [3.05, 3.63) is 35.9 Å². The van der Waals surface area contributed by atoms with Gasteiger partial charge in [0.2, 0.25) is 0 Å². The zero-order chi connectivity index (χ0) is 15.8. The summed E-state index contributed by atoms with van der Waals surface area (Å²) in [6, 6.07) is 10.3. The molecule has 1 heterocycles. The van der Waals surface area contributed by atoms with Crippen LogP contribution < -0.4 is 5.32 Å². The second kappa shape index (κ2) is 8.79. The van der Waals surface area contributed by atoms with E-state index >= 15 is 0 Å². The predicted octanol–water partition coefficient (Wildman–Crippen LogP) is 2.76. The second-order valence-corrected chi connectivity index (χ2v) is 6.36. The number of benzene rings is 1. The normalized spacial score (nSPS) is 22.7. The van der Waals surface area contributed by atoms with Crippen molar-refractivity contribution in [3.8, 4) is 0 Å². The molecule has 22 heavy (non-hydrogen) atoms. The molecule has 0 radical (unpaired) electrons. The van der Waals surface area contributed by atoms with Gasteiger partial charge >= 0.3 is 0 Å². The van der Waals surface area contributed by atoms with Gasteiger partial charge in [0.15, 0.2) is 5.96 Å². The molecule has 1 aromatic rings. The number of hydrogen-bond acceptors (Lipinski definition) is 2. The van der Waals surface area contributed by atoms with Crippen LogP contribution in [0.5, 0.6) is 0 Å². The van der Waals surface area contributed by atoms with E-state index in [0.29, 0.717) is 13.2 Å². The van der Waals surface area contributed by atoms with Gasteiger partial charge in [0.1, 0.15) is 0 Å². The number of nitrogens with one attached hydrogen (secondary N) is 1. The highest BCUT2D eigenvalue weighted by Crippen LogP contribution is 2.20. The molecule has 1 aliphatic heterocycles. The SMILES string of the molecule is CN=C(NCCOCc1ccccc1)N1CC(C)CC(C)C1. The number of piperidine rings is 1. The fourth-order valence-corrected chi connectivity index (χ4v) is 3.17. The Hall–Kier alpha value is -1.55. The summed E-state index contributed by atoms with van der Waals surface area (Å²) in [6.45, 7) is 8.96. The first-order valence-corrected chi connectivity index (χ1v) is 8.26. The third-order valence-corrected chi connectivity index (χ3v) is 4.02. The van der Waals surface area contributed by atoms with Gasteiger partial charge in [-0.2, -0.15) is 0 Å². The van der Waals surface area contributed by atoms with Crippen LogP contribution in [-0.4, -0.2) is 44.1 Å². The summed E-state index contributed by atoms with van der Waals surface area (Å²) in [4.78, 5) is 6.78. The number of nitrogens with zero attached hydrogens (tertiary/aromatic N) is 2. The summed E-state index contributed by atoms with van der Waals surface area (Å²) in [7, 11) is 1.86. The van der Waals surface area contributed by atoms with Gasteiger partial charge in [-0.3, -0.25) is 4.99 Å².